The number of carbonyl (C=O) groups excluding carboxylic acids is 1. The van der Waals surface area contributed by atoms with Gasteiger partial charge in [0.15, 0.2) is 0 Å². The van der Waals surface area contributed by atoms with Gasteiger partial charge in [-0.15, -0.1) is 11.3 Å². The Morgan fingerprint density at radius 1 is 1.22 bits per heavy atom. The van der Waals surface area contributed by atoms with E-state index in [4.69, 9.17) is 9.51 Å². The van der Waals surface area contributed by atoms with Gasteiger partial charge in [0.05, 0.1) is 16.4 Å². The number of thiazole rings is 1. The van der Waals surface area contributed by atoms with Crippen LogP contribution in [0.1, 0.15) is 35.0 Å². The Morgan fingerprint density at radius 3 is 2.63 bits per heavy atom. The van der Waals surface area contributed by atoms with E-state index in [-0.39, 0.29) is 6.03 Å². The Bertz CT molecular complexity index is 927. The summed E-state index contributed by atoms with van der Waals surface area (Å²) in [5.74, 6) is 0.845. The van der Waals surface area contributed by atoms with Crippen LogP contribution in [0.25, 0.3) is 11.3 Å². The molecule has 140 valence electrons. The van der Waals surface area contributed by atoms with Gasteiger partial charge in [0.2, 0.25) is 5.88 Å². The fourth-order valence-corrected chi connectivity index (χ4v) is 4.25. The summed E-state index contributed by atoms with van der Waals surface area (Å²) in [7, 11) is 0. The lowest BCUT2D eigenvalue weighted by atomic mass is 9.98. The van der Waals surface area contributed by atoms with Crippen molar-refractivity contribution in [3.63, 3.8) is 0 Å². The summed E-state index contributed by atoms with van der Waals surface area (Å²) < 4.78 is 5.17. The van der Waals surface area contributed by atoms with Gasteiger partial charge < -0.3 is 9.42 Å². The molecule has 0 aliphatic carbocycles. The average molecular weight is 382 g/mol. The fourth-order valence-electron chi connectivity index (χ4n) is 3.25. The third-order valence-corrected chi connectivity index (χ3v) is 6.11. The van der Waals surface area contributed by atoms with Crippen LogP contribution < -0.4 is 5.32 Å². The number of benzene rings is 1. The molecule has 7 heteroatoms. The molecule has 0 spiro atoms. The predicted octanol–water partition coefficient (Wildman–Crippen LogP) is 4.83. The standard InChI is InChI=1S/C20H22N4O2S/c1-13-14(2)23-26-18(13)22-20(25)24-10-8-16(9-11-24)19-21-17(12-27-19)15-6-4-3-5-7-15/h3-7,12,16H,8-11H2,1-2H3,(H,22,25). The molecule has 0 radical (unpaired) electrons. The molecule has 0 unspecified atom stereocenters. The second kappa shape index (κ2) is 7.52. The number of amides is 2. The third-order valence-electron chi connectivity index (χ3n) is 5.10. The second-order valence-corrected chi connectivity index (χ2v) is 7.74. The van der Waals surface area contributed by atoms with Crippen molar-refractivity contribution in [3.05, 3.63) is 52.0 Å². The molecule has 3 heterocycles. The van der Waals surface area contributed by atoms with Gasteiger partial charge in [0.25, 0.3) is 0 Å². The lowest BCUT2D eigenvalue weighted by molar-refractivity contribution is 0.193. The molecule has 1 aromatic carbocycles. The minimum absolute atomic E-state index is 0.128. The van der Waals surface area contributed by atoms with Gasteiger partial charge in [0, 0.05) is 35.5 Å². The van der Waals surface area contributed by atoms with Crippen molar-refractivity contribution in [2.45, 2.75) is 32.6 Å². The normalized spacial score (nSPS) is 15.1. The van der Waals surface area contributed by atoms with Crippen molar-refractivity contribution in [1.82, 2.24) is 15.0 Å². The molecule has 1 N–H and O–H groups in total. The molecule has 0 saturated carbocycles. The smallest absolute Gasteiger partial charge is 0.324 e. The van der Waals surface area contributed by atoms with Crippen LogP contribution in [0.15, 0.2) is 40.2 Å². The number of piperidine rings is 1. The maximum absolute atomic E-state index is 12.5. The summed E-state index contributed by atoms with van der Waals surface area (Å²) in [6.07, 6.45) is 1.84. The van der Waals surface area contributed by atoms with Gasteiger partial charge in [-0.25, -0.2) is 9.78 Å². The molecule has 1 aliphatic heterocycles. The first-order valence-corrected chi connectivity index (χ1v) is 9.99. The van der Waals surface area contributed by atoms with E-state index < -0.39 is 0 Å². The first kappa shape index (κ1) is 17.7. The van der Waals surface area contributed by atoms with Gasteiger partial charge in [0.1, 0.15) is 0 Å². The number of aromatic nitrogens is 2. The van der Waals surface area contributed by atoms with Gasteiger partial charge >= 0.3 is 6.03 Å². The number of nitrogens with zero attached hydrogens (tertiary/aromatic N) is 3. The molecule has 27 heavy (non-hydrogen) atoms. The Kier molecular flexibility index (Phi) is 4.94. The average Bonchev–Trinajstić information content (AvgIpc) is 3.32. The highest BCUT2D eigenvalue weighted by Gasteiger charge is 2.26. The summed E-state index contributed by atoms with van der Waals surface area (Å²) in [6.45, 7) is 5.17. The number of hydrogen-bond acceptors (Lipinski definition) is 5. The van der Waals surface area contributed by atoms with Gasteiger partial charge in [-0.05, 0) is 26.7 Å². The number of likely N-dealkylation sites (tertiary alicyclic amines) is 1. The van der Waals surface area contributed by atoms with Crippen LogP contribution in [-0.2, 0) is 0 Å². The number of urea groups is 1. The quantitative estimate of drug-likeness (QED) is 0.704. The van der Waals surface area contributed by atoms with E-state index in [0.29, 0.717) is 24.9 Å². The van der Waals surface area contributed by atoms with E-state index in [1.165, 1.54) is 0 Å². The SMILES string of the molecule is Cc1noc(NC(=O)N2CCC(c3nc(-c4ccccc4)cs3)CC2)c1C. The Labute approximate surface area is 162 Å². The van der Waals surface area contributed by atoms with Crippen LogP contribution in [0.5, 0.6) is 0 Å². The number of hydrogen-bond donors (Lipinski definition) is 1. The topological polar surface area (TPSA) is 71.3 Å². The van der Waals surface area contributed by atoms with Crippen LogP contribution in [0, 0.1) is 13.8 Å². The zero-order chi connectivity index (χ0) is 18.8. The van der Waals surface area contributed by atoms with Gasteiger partial charge in [-0.2, -0.15) is 0 Å². The molecule has 1 saturated heterocycles. The van der Waals surface area contributed by atoms with Crippen molar-refractivity contribution >= 4 is 23.3 Å². The predicted molar refractivity (Wildman–Crippen MR) is 106 cm³/mol. The van der Waals surface area contributed by atoms with Crippen LogP contribution in [0.4, 0.5) is 10.7 Å². The molecule has 0 bridgehead atoms. The van der Waals surface area contributed by atoms with E-state index in [2.05, 4.69) is 28.0 Å². The minimum atomic E-state index is -0.128. The molecule has 1 aliphatic rings. The third kappa shape index (κ3) is 3.73. The van der Waals surface area contributed by atoms with E-state index in [0.717, 1.165) is 40.4 Å². The zero-order valence-corrected chi connectivity index (χ0v) is 16.3. The zero-order valence-electron chi connectivity index (χ0n) is 15.4. The van der Waals surface area contributed by atoms with Crippen LogP contribution >= 0.6 is 11.3 Å². The van der Waals surface area contributed by atoms with Crippen molar-refractivity contribution in [2.24, 2.45) is 0 Å². The number of aryl methyl sites for hydroxylation is 1. The molecule has 2 amide bonds. The molecular formula is C20H22N4O2S. The summed E-state index contributed by atoms with van der Waals surface area (Å²) in [5, 5.41) is 9.99. The summed E-state index contributed by atoms with van der Waals surface area (Å²) >= 11 is 1.71. The van der Waals surface area contributed by atoms with Gasteiger partial charge in [-0.3, -0.25) is 5.32 Å². The molecule has 1 fully saturated rings. The monoisotopic (exact) mass is 382 g/mol. The van der Waals surface area contributed by atoms with E-state index in [9.17, 15) is 4.79 Å². The first-order chi connectivity index (χ1) is 13.1. The van der Waals surface area contributed by atoms with Crippen LogP contribution in [0.3, 0.4) is 0 Å². The molecule has 4 rings (SSSR count). The highest BCUT2D eigenvalue weighted by molar-refractivity contribution is 7.10. The summed E-state index contributed by atoms with van der Waals surface area (Å²) in [5.41, 5.74) is 3.85. The first-order valence-electron chi connectivity index (χ1n) is 9.11. The molecular weight excluding hydrogens is 360 g/mol. The lowest BCUT2D eigenvalue weighted by Crippen LogP contribution is -2.40. The van der Waals surface area contributed by atoms with E-state index in [1.807, 2.05) is 36.9 Å². The van der Waals surface area contributed by atoms with Crippen molar-refractivity contribution in [2.75, 3.05) is 18.4 Å². The molecule has 2 aromatic heterocycles. The Balaban J connectivity index is 1.36. The minimum Gasteiger partial charge on any atom is -0.338 e. The van der Waals surface area contributed by atoms with Crippen molar-refractivity contribution in [1.29, 1.82) is 0 Å². The lowest BCUT2D eigenvalue weighted by Gasteiger charge is -2.30. The Hall–Kier alpha value is -2.67. The molecule has 0 atom stereocenters. The van der Waals surface area contributed by atoms with Crippen molar-refractivity contribution < 1.29 is 9.32 Å². The van der Waals surface area contributed by atoms with Gasteiger partial charge in [-0.1, -0.05) is 35.5 Å². The second-order valence-electron chi connectivity index (χ2n) is 6.85. The fraction of sp³-hybridized carbons (Fsp3) is 0.350. The van der Waals surface area contributed by atoms with E-state index >= 15 is 0 Å². The van der Waals surface area contributed by atoms with Crippen molar-refractivity contribution in [3.8, 4) is 11.3 Å². The number of nitrogens with one attached hydrogen (secondary N) is 1. The van der Waals surface area contributed by atoms with Crippen LogP contribution in [0.2, 0.25) is 0 Å². The summed E-state index contributed by atoms with van der Waals surface area (Å²) in [4.78, 5) is 19.1. The summed E-state index contributed by atoms with van der Waals surface area (Å²) in [6, 6.07) is 10.1. The number of carbonyl (C=O) groups is 1. The highest BCUT2D eigenvalue weighted by atomic mass is 32.1. The Morgan fingerprint density at radius 2 is 1.96 bits per heavy atom. The molecule has 3 aromatic rings. The maximum Gasteiger partial charge on any atom is 0.324 e. The largest absolute Gasteiger partial charge is 0.338 e. The number of anilines is 1. The van der Waals surface area contributed by atoms with Crippen LogP contribution in [-0.4, -0.2) is 34.2 Å². The number of rotatable bonds is 3. The molecule has 6 nitrogen and oxygen atoms in total. The highest BCUT2D eigenvalue weighted by Crippen LogP contribution is 2.33. The van der Waals surface area contributed by atoms with E-state index in [1.54, 1.807) is 11.3 Å². The maximum atomic E-state index is 12.5.